The molecule has 0 unspecified atom stereocenters. The molecule has 3 rings (SSSR count). The number of nitrogens with one attached hydrogen (secondary N) is 1. The lowest BCUT2D eigenvalue weighted by Gasteiger charge is -2.31. The minimum atomic E-state index is -0.384. The first-order valence-electron chi connectivity index (χ1n) is 9.65. The molecular weight excluding hydrogens is 380 g/mol. The molecule has 152 valence electrons. The number of anilines is 1. The maximum Gasteiger partial charge on any atom is 0.255 e. The van der Waals surface area contributed by atoms with Gasteiger partial charge < -0.3 is 16.0 Å². The maximum atomic E-state index is 12.9. The van der Waals surface area contributed by atoms with Crippen LogP contribution in [0.25, 0.3) is 6.08 Å². The smallest absolute Gasteiger partial charge is 0.255 e. The fourth-order valence-corrected chi connectivity index (χ4v) is 3.37. The van der Waals surface area contributed by atoms with E-state index in [0.29, 0.717) is 42.7 Å². The molecule has 3 N–H and O–H groups in total. The molecule has 1 aliphatic heterocycles. The van der Waals surface area contributed by atoms with Crippen LogP contribution in [0.2, 0.25) is 0 Å². The Balaban J connectivity index is 1.68. The fraction of sp³-hybridized carbons (Fsp3) is 0.217. The number of piperidine rings is 1. The third kappa shape index (κ3) is 5.11. The largest absolute Gasteiger partial charge is 0.369 e. The van der Waals surface area contributed by atoms with Gasteiger partial charge in [0.25, 0.3) is 5.91 Å². The number of hydrogen-bond acceptors (Lipinski definition) is 4. The molecule has 0 bridgehead atoms. The zero-order chi connectivity index (χ0) is 21.5. The van der Waals surface area contributed by atoms with Gasteiger partial charge in [-0.05, 0) is 48.7 Å². The van der Waals surface area contributed by atoms with Crippen molar-refractivity contribution >= 4 is 29.5 Å². The Kier molecular flexibility index (Phi) is 6.60. The van der Waals surface area contributed by atoms with Crippen LogP contribution in [-0.2, 0) is 9.59 Å². The number of nitrogens with zero attached hydrogens (tertiary/aromatic N) is 2. The Morgan fingerprint density at radius 3 is 2.53 bits per heavy atom. The molecular formula is C23H22N4O3. The number of nitriles is 1. The number of rotatable bonds is 5. The van der Waals surface area contributed by atoms with Gasteiger partial charge in [0.2, 0.25) is 11.8 Å². The summed E-state index contributed by atoms with van der Waals surface area (Å²) in [6.07, 6.45) is 4.05. The maximum absolute atomic E-state index is 12.9. The van der Waals surface area contributed by atoms with E-state index < -0.39 is 0 Å². The Hall–Kier alpha value is -3.92. The van der Waals surface area contributed by atoms with E-state index in [-0.39, 0.29) is 23.6 Å². The minimum absolute atomic E-state index is 0.195. The highest BCUT2D eigenvalue weighted by Crippen LogP contribution is 2.22. The van der Waals surface area contributed by atoms with Crippen LogP contribution in [0.15, 0.2) is 54.6 Å². The van der Waals surface area contributed by atoms with Crippen molar-refractivity contribution in [2.45, 2.75) is 12.8 Å². The summed E-state index contributed by atoms with van der Waals surface area (Å²) in [5.74, 6) is -1.11. The summed E-state index contributed by atoms with van der Waals surface area (Å²) < 4.78 is 0. The molecule has 1 fully saturated rings. The van der Waals surface area contributed by atoms with Gasteiger partial charge in [0.1, 0.15) is 0 Å². The van der Waals surface area contributed by atoms with E-state index in [2.05, 4.69) is 11.4 Å². The van der Waals surface area contributed by atoms with Crippen molar-refractivity contribution in [1.29, 1.82) is 5.26 Å². The lowest BCUT2D eigenvalue weighted by Crippen LogP contribution is -2.42. The van der Waals surface area contributed by atoms with Crippen LogP contribution in [-0.4, -0.2) is 35.7 Å². The monoisotopic (exact) mass is 402 g/mol. The van der Waals surface area contributed by atoms with Crippen LogP contribution in [0.1, 0.15) is 34.3 Å². The third-order valence-corrected chi connectivity index (χ3v) is 5.04. The summed E-state index contributed by atoms with van der Waals surface area (Å²) in [6, 6.07) is 15.8. The van der Waals surface area contributed by atoms with Gasteiger partial charge >= 0.3 is 0 Å². The number of hydrogen-bond donors (Lipinski definition) is 2. The van der Waals surface area contributed by atoms with E-state index in [1.54, 1.807) is 59.5 Å². The summed E-state index contributed by atoms with van der Waals surface area (Å²) >= 11 is 0. The highest BCUT2D eigenvalue weighted by Gasteiger charge is 2.27. The lowest BCUT2D eigenvalue weighted by atomic mass is 9.95. The predicted octanol–water partition coefficient (Wildman–Crippen LogP) is 2.55. The van der Waals surface area contributed by atoms with Crippen molar-refractivity contribution in [3.05, 3.63) is 71.3 Å². The number of primary amides is 1. The highest BCUT2D eigenvalue weighted by molar-refractivity contribution is 6.07. The molecule has 7 nitrogen and oxygen atoms in total. The molecule has 30 heavy (non-hydrogen) atoms. The van der Waals surface area contributed by atoms with Crippen LogP contribution in [0.3, 0.4) is 0 Å². The molecule has 0 aromatic heterocycles. The first-order chi connectivity index (χ1) is 14.5. The number of amides is 3. The van der Waals surface area contributed by atoms with E-state index >= 15 is 0 Å². The number of nitrogens with two attached hydrogens (primary N) is 1. The van der Waals surface area contributed by atoms with Crippen LogP contribution in [0.5, 0.6) is 0 Å². The van der Waals surface area contributed by atoms with Crippen molar-refractivity contribution in [3.8, 4) is 6.07 Å². The predicted molar refractivity (Wildman–Crippen MR) is 113 cm³/mol. The molecule has 2 aromatic rings. The summed E-state index contributed by atoms with van der Waals surface area (Å²) in [4.78, 5) is 38.3. The van der Waals surface area contributed by atoms with Crippen molar-refractivity contribution in [2.24, 2.45) is 11.7 Å². The highest BCUT2D eigenvalue weighted by atomic mass is 16.2. The first-order valence-corrected chi connectivity index (χ1v) is 9.65. The SMILES string of the molecule is N#Cc1cccc(/C=C/C(=O)Nc2ccccc2C(=O)N2CCC(C(N)=O)CC2)c1. The van der Waals surface area contributed by atoms with E-state index in [9.17, 15) is 14.4 Å². The van der Waals surface area contributed by atoms with Gasteiger partial charge in [-0.1, -0.05) is 24.3 Å². The third-order valence-electron chi connectivity index (χ3n) is 5.04. The molecule has 0 spiro atoms. The van der Waals surface area contributed by atoms with E-state index in [1.807, 2.05) is 0 Å². The average Bonchev–Trinajstić information content (AvgIpc) is 2.78. The molecule has 1 saturated heterocycles. The van der Waals surface area contributed by atoms with E-state index in [1.165, 1.54) is 6.08 Å². The molecule has 0 atom stereocenters. The Bertz CT molecular complexity index is 1030. The van der Waals surface area contributed by atoms with Gasteiger partial charge in [-0.25, -0.2) is 0 Å². The second-order valence-corrected chi connectivity index (χ2v) is 7.07. The number of carbonyl (C=O) groups is 3. The summed E-state index contributed by atoms with van der Waals surface area (Å²) in [5, 5.41) is 11.7. The quantitative estimate of drug-likeness (QED) is 0.748. The van der Waals surface area contributed by atoms with Crippen molar-refractivity contribution in [3.63, 3.8) is 0 Å². The topological polar surface area (TPSA) is 116 Å². The molecule has 0 aliphatic carbocycles. The zero-order valence-corrected chi connectivity index (χ0v) is 16.4. The van der Waals surface area contributed by atoms with E-state index in [0.717, 1.165) is 5.56 Å². The van der Waals surface area contributed by atoms with Crippen LogP contribution in [0.4, 0.5) is 5.69 Å². The number of carbonyl (C=O) groups excluding carboxylic acids is 3. The lowest BCUT2D eigenvalue weighted by molar-refractivity contribution is -0.123. The second kappa shape index (κ2) is 9.52. The van der Waals surface area contributed by atoms with Gasteiger partial charge in [-0.15, -0.1) is 0 Å². The average molecular weight is 402 g/mol. The van der Waals surface area contributed by atoms with Gasteiger partial charge in [0, 0.05) is 25.1 Å². The Morgan fingerprint density at radius 2 is 1.83 bits per heavy atom. The molecule has 7 heteroatoms. The van der Waals surface area contributed by atoms with Gasteiger partial charge in [-0.2, -0.15) is 5.26 Å². The summed E-state index contributed by atoms with van der Waals surface area (Å²) in [5.41, 5.74) is 7.40. The standard InChI is InChI=1S/C23H22N4O3/c24-15-17-5-3-4-16(14-17)8-9-21(28)26-20-7-2-1-6-19(20)23(30)27-12-10-18(11-13-27)22(25)29/h1-9,14,18H,10-13H2,(H2,25,29)(H,26,28)/b9-8+. The fourth-order valence-electron chi connectivity index (χ4n) is 3.37. The number of para-hydroxylation sites is 1. The van der Waals surface area contributed by atoms with Gasteiger partial charge in [0.05, 0.1) is 22.9 Å². The Labute approximate surface area is 174 Å². The zero-order valence-electron chi connectivity index (χ0n) is 16.4. The summed E-state index contributed by atoms with van der Waals surface area (Å²) in [6.45, 7) is 0.897. The van der Waals surface area contributed by atoms with Gasteiger partial charge in [-0.3, -0.25) is 14.4 Å². The molecule has 2 aromatic carbocycles. The second-order valence-electron chi connectivity index (χ2n) is 7.07. The number of likely N-dealkylation sites (tertiary alicyclic amines) is 1. The number of benzene rings is 2. The molecule has 3 amide bonds. The van der Waals surface area contributed by atoms with Crippen molar-refractivity contribution in [2.75, 3.05) is 18.4 Å². The van der Waals surface area contributed by atoms with Crippen LogP contribution < -0.4 is 11.1 Å². The van der Waals surface area contributed by atoms with Crippen LogP contribution in [0, 0.1) is 17.2 Å². The van der Waals surface area contributed by atoms with Gasteiger partial charge in [0.15, 0.2) is 0 Å². The van der Waals surface area contributed by atoms with E-state index in [4.69, 9.17) is 11.0 Å². The Morgan fingerprint density at radius 1 is 1.10 bits per heavy atom. The molecule has 0 radical (unpaired) electrons. The molecule has 1 aliphatic rings. The molecule has 1 heterocycles. The van der Waals surface area contributed by atoms with Crippen molar-refractivity contribution < 1.29 is 14.4 Å². The van der Waals surface area contributed by atoms with Crippen molar-refractivity contribution in [1.82, 2.24) is 4.90 Å². The first kappa shape index (κ1) is 20.8. The normalized spacial score (nSPS) is 14.3. The summed E-state index contributed by atoms with van der Waals surface area (Å²) in [7, 11) is 0. The minimum Gasteiger partial charge on any atom is -0.369 e. The van der Waals surface area contributed by atoms with Crippen LogP contribution >= 0.6 is 0 Å². The molecule has 0 saturated carbocycles.